The number of imidazole rings is 1. The zero-order valence-corrected chi connectivity index (χ0v) is 14.9. The number of pyridine rings is 1. The van der Waals surface area contributed by atoms with Gasteiger partial charge in [0, 0.05) is 17.9 Å². The van der Waals surface area contributed by atoms with Gasteiger partial charge in [0.15, 0.2) is 5.69 Å². The van der Waals surface area contributed by atoms with Crippen LogP contribution in [0.3, 0.4) is 0 Å². The second-order valence-electron chi connectivity index (χ2n) is 6.40. The molecule has 7 heteroatoms. The molecule has 4 rings (SSSR count). The number of carbonyl (C=O) groups is 2. The standard InChI is InChI=1S/C20H20N4O3/c1-2-27-15-10-8-14(9-11-15)21-19(25)17-16-5-3-4-12-24(16)18(23-17)20(26)22-13-6-7-13/h3-5,8-13H,2,6-7H2,1H3,(H,21,25)(H,22,26). The first-order chi connectivity index (χ1) is 13.2. The summed E-state index contributed by atoms with van der Waals surface area (Å²) in [6.07, 6.45) is 3.71. The Labute approximate surface area is 156 Å². The Morgan fingerprint density at radius 1 is 1.15 bits per heavy atom. The van der Waals surface area contributed by atoms with E-state index in [1.165, 1.54) is 0 Å². The summed E-state index contributed by atoms with van der Waals surface area (Å²) in [6.45, 7) is 2.49. The first kappa shape index (κ1) is 17.1. The van der Waals surface area contributed by atoms with Gasteiger partial charge in [0.25, 0.3) is 11.8 Å². The predicted octanol–water partition coefficient (Wildman–Crippen LogP) is 2.88. The van der Waals surface area contributed by atoms with E-state index in [-0.39, 0.29) is 29.4 Å². The van der Waals surface area contributed by atoms with Crippen LogP contribution >= 0.6 is 0 Å². The summed E-state index contributed by atoms with van der Waals surface area (Å²) in [5, 5.41) is 5.74. The molecule has 0 saturated heterocycles. The van der Waals surface area contributed by atoms with Crippen LogP contribution in [0.15, 0.2) is 48.7 Å². The van der Waals surface area contributed by atoms with Gasteiger partial charge in [0.05, 0.1) is 12.1 Å². The molecule has 0 aliphatic heterocycles. The van der Waals surface area contributed by atoms with E-state index in [0.717, 1.165) is 18.6 Å². The second-order valence-corrected chi connectivity index (χ2v) is 6.40. The number of amides is 2. The molecule has 2 N–H and O–H groups in total. The van der Waals surface area contributed by atoms with Gasteiger partial charge in [-0.1, -0.05) is 6.07 Å². The maximum Gasteiger partial charge on any atom is 0.287 e. The average Bonchev–Trinajstić information content (AvgIpc) is 3.40. The number of nitrogens with one attached hydrogen (secondary N) is 2. The molecule has 2 heterocycles. The van der Waals surface area contributed by atoms with Gasteiger partial charge in [-0.2, -0.15) is 0 Å². The molecular weight excluding hydrogens is 344 g/mol. The third kappa shape index (κ3) is 3.62. The normalized spacial score (nSPS) is 13.4. The molecule has 0 unspecified atom stereocenters. The molecule has 1 aliphatic rings. The quantitative estimate of drug-likeness (QED) is 0.704. The number of ether oxygens (including phenoxy) is 1. The lowest BCUT2D eigenvalue weighted by Crippen LogP contribution is -2.27. The van der Waals surface area contributed by atoms with Crippen LogP contribution < -0.4 is 15.4 Å². The van der Waals surface area contributed by atoms with E-state index in [9.17, 15) is 9.59 Å². The lowest BCUT2D eigenvalue weighted by Gasteiger charge is -2.06. The maximum absolute atomic E-state index is 12.8. The van der Waals surface area contributed by atoms with Crippen molar-refractivity contribution in [1.29, 1.82) is 0 Å². The van der Waals surface area contributed by atoms with Crippen LogP contribution in [0.4, 0.5) is 5.69 Å². The van der Waals surface area contributed by atoms with Crippen LogP contribution in [0, 0.1) is 0 Å². The first-order valence-electron chi connectivity index (χ1n) is 8.98. The van der Waals surface area contributed by atoms with Gasteiger partial charge in [-0.15, -0.1) is 0 Å². The first-order valence-corrected chi connectivity index (χ1v) is 8.98. The van der Waals surface area contributed by atoms with Crippen molar-refractivity contribution in [2.45, 2.75) is 25.8 Å². The number of nitrogens with zero attached hydrogens (tertiary/aromatic N) is 2. The summed E-state index contributed by atoms with van der Waals surface area (Å²) in [7, 11) is 0. The minimum Gasteiger partial charge on any atom is -0.494 e. The van der Waals surface area contributed by atoms with Gasteiger partial charge in [-0.3, -0.25) is 14.0 Å². The van der Waals surface area contributed by atoms with E-state index in [1.807, 2.05) is 13.0 Å². The molecule has 0 bridgehead atoms. The summed E-state index contributed by atoms with van der Waals surface area (Å²) < 4.78 is 7.05. The maximum atomic E-state index is 12.8. The molecule has 1 fully saturated rings. The largest absolute Gasteiger partial charge is 0.494 e. The van der Waals surface area contributed by atoms with Crippen molar-refractivity contribution < 1.29 is 14.3 Å². The fraction of sp³-hybridized carbons (Fsp3) is 0.250. The van der Waals surface area contributed by atoms with E-state index >= 15 is 0 Å². The van der Waals surface area contributed by atoms with Crippen molar-refractivity contribution in [3.05, 3.63) is 60.2 Å². The highest BCUT2D eigenvalue weighted by molar-refractivity contribution is 6.09. The molecule has 1 saturated carbocycles. The molecule has 0 atom stereocenters. The third-order valence-corrected chi connectivity index (χ3v) is 4.30. The van der Waals surface area contributed by atoms with Crippen LogP contribution in [0.25, 0.3) is 5.52 Å². The molecule has 2 amide bonds. The third-order valence-electron chi connectivity index (χ3n) is 4.30. The van der Waals surface area contributed by atoms with Crippen LogP contribution in [0.2, 0.25) is 0 Å². The molecule has 7 nitrogen and oxygen atoms in total. The van der Waals surface area contributed by atoms with Gasteiger partial charge in [-0.05, 0) is 56.2 Å². The number of anilines is 1. The van der Waals surface area contributed by atoms with Crippen molar-refractivity contribution in [3.63, 3.8) is 0 Å². The van der Waals surface area contributed by atoms with Crippen molar-refractivity contribution in [3.8, 4) is 5.75 Å². The van der Waals surface area contributed by atoms with Gasteiger partial charge in [-0.25, -0.2) is 4.98 Å². The molecule has 1 aromatic carbocycles. The average molecular weight is 364 g/mol. The van der Waals surface area contributed by atoms with Gasteiger partial charge < -0.3 is 15.4 Å². The summed E-state index contributed by atoms with van der Waals surface area (Å²) in [5.41, 5.74) is 1.43. The minimum atomic E-state index is -0.367. The van der Waals surface area contributed by atoms with Crippen LogP contribution in [-0.2, 0) is 0 Å². The highest BCUT2D eigenvalue weighted by Crippen LogP contribution is 2.21. The summed E-state index contributed by atoms with van der Waals surface area (Å²) in [4.78, 5) is 29.5. The van der Waals surface area contributed by atoms with Gasteiger partial charge in [0.1, 0.15) is 5.75 Å². The molecule has 138 valence electrons. The molecule has 27 heavy (non-hydrogen) atoms. The van der Waals surface area contributed by atoms with E-state index in [2.05, 4.69) is 15.6 Å². The molecule has 0 radical (unpaired) electrons. The second kappa shape index (κ2) is 7.11. The fourth-order valence-electron chi connectivity index (χ4n) is 2.83. The topological polar surface area (TPSA) is 84.7 Å². The van der Waals surface area contributed by atoms with Crippen molar-refractivity contribution >= 4 is 23.0 Å². The van der Waals surface area contributed by atoms with Crippen molar-refractivity contribution in [2.24, 2.45) is 0 Å². The number of carbonyl (C=O) groups excluding carboxylic acids is 2. The summed E-state index contributed by atoms with van der Waals surface area (Å²) in [5.74, 6) is 0.323. The number of hydrogen-bond donors (Lipinski definition) is 2. The monoisotopic (exact) mass is 364 g/mol. The summed E-state index contributed by atoms with van der Waals surface area (Å²) in [6, 6.07) is 12.7. The predicted molar refractivity (Wildman–Crippen MR) is 101 cm³/mol. The zero-order chi connectivity index (χ0) is 18.8. The number of aromatic nitrogens is 2. The van der Waals surface area contributed by atoms with Crippen LogP contribution in [0.5, 0.6) is 5.75 Å². The van der Waals surface area contributed by atoms with E-state index < -0.39 is 0 Å². The Kier molecular flexibility index (Phi) is 4.50. The Balaban J connectivity index is 1.60. The summed E-state index contributed by atoms with van der Waals surface area (Å²) >= 11 is 0. The number of fused-ring (bicyclic) bond motifs is 1. The zero-order valence-electron chi connectivity index (χ0n) is 14.9. The highest BCUT2D eigenvalue weighted by Gasteiger charge is 2.27. The smallest absolute Gasteiger partial charge is 0.287 e. The molecule has 3 aromatic rings. The SMILES string of the molecule is CCOc1ccc(NC(=O)c2nc(C(=O)NC3CC3)n3ccccc23)cc1. The van der Waals surface area contributed by atoms with Crippen molar-refractivity contribution in [1.82, 2.24) is 14.7 Å². The lowest BCUT2D eigenvalue weighted by atomic mass is 10.2. The minimum absolute atomic E-state index is 0.213. The Morgan fingerprint density at radius 2 is 1.93 bits per heavy atom. The number of benzene rings is 1. The Bertz CT molecular complexity index is 990. The number of rotatable bonds is 6. The molecule has 1 aliphatic carbocycles. The molecule has 2 aromatic heterocycles. The van der Waals surface area contributed by atoms with E-state index in [4.69, 9.17) is 4.74 Å². The fourth-order valence-corrected chi connectivity index (χ4v) is 2.83. The highest BCUT2D eigenvalue weighted by atomic mass is 16.5. The van der Waals surface area contributed by atoms with Crippen LogP contribution in [-0.4, -0.2) is 33.8 Å². The Hall–Kier alpha value is -3.35. The van der Waals surface area contributed by atoms with Crippen molar-refractivity contribution in [2.75, 3.05) is 11.9 Å². The molecular formula is C20H20N4O3. The van der Waals surface area contributed by atoms with Gasteiger partial charge >= 0.3 is 0 Å². The van der Waals surface area contributed by atoms with E-state index in [0.29, 0.717) is 17.8 Å². The van der Waals surface area contributed by atoms with E-state index in [1.54, 1.807) is 47.0 Å². The van der Waals surface area contributed by atoms with Crippen LogP contribution in [0.1, 0.15) is 40.9 Å². The number of hydrogen-bond acceptors (Lipinski definition) is 4. The Morgan fingerprint density at radius 3 is 2.63 bits per heavy atom. The van der Waals surface area contributed by atoms with Gasteiger partial charge in [0.2, 0.25) is 5.82 Å². The lowest BCUT2D eigenvalue weighted by molar-refractivity contribution is 0.0940. The molecule has 0 spiro atoms.